The molecule has 2 N–H and O–H groups in total. The monoisotopic (exact) mass is 299 g/mol. The van der Waals surface area contributed by atoms with Gasteiger partial charge in [-0.2, -0.15) is 10.2 Å². The van der Waals surface area contributed by atoms with Gasteiger partial charge in [-0.1, -0.05) is 0 Å². The maximum Gasteiger partial charge on any atom is 0.272 e. The molecule has 0 aliphatic carbocycles. The van der Waals surface area contributed by atoms with Crippen LogP contribution in [-0.2, 0) is 4.74 Å². The van der Waals surface area contributed by atoms with Crippen LogP contribution >= 0.6 is 0 Å². The lowest BCUT2D eigenvalue weighted by Gasteiger charge is -2.08. The molecule has 3 aromatic heterocycles. The number of aromatic amines is 1. The molecule has 22 heavy (non-hydrogen) atoms. The number of nitrogens with zero attached hydrogens (tertiary/aromatic N) is 5. The highest BCUT2D eigenvalue weighted by molar-refractivity contribution is 5.92. The molecule has 1 atom stereocenters. The standard InChI is InChI=1S/C13H13N7O2/c21-13(17-8-2-4-22-6-8)10-1-3-20(19-10)12-9-5-16-18-11(9)14-7-15-12/h1,3,5,7-8H,2,4,6H2,(H,17,21)(H,14,15,16,18). The summed E-state index contributed by atoms with van der Waals surface area (Å²) in [6.07, 6.45) is 5.57. The Hall–Kier alpha value is -2.81. The fraction of sp³-hybridized carbons (Fsp3) is 0.308. The Balaban J connectivity index is 1.61. The molecule has 1 amide bonds. The second-order valence-corrected chi connectivity index (χ2v) is 5.01. The quantitative estimate of drug-likeness (QED) is 0.707. The maximum absolute atomic E-state index is 12.2. The van der Waals surface area contributed by atoms with Gasteiger partial charge in [-0.05, 0) is 12.5 Å². The molecule has 112 valence electrons. The highest BCUT2D eigenvalue weighted by atomic mass is 16.5. The summed E-state index contributed by atoms with van der Waals surface area (Å²) in [7, 11) is 0. The molecule has 9 nitrogen and oxygen atoms in total. The molecule has 0 saturated carbocycles. The molecule has 1 aliphatic heterocycles. The minimum atomic E-state index is -0.216. The van der Waals surface area contributed by atoms with Crippen molar-refractivity contribution in [2.75, 3.05) is 13.2 Å². The molecular weight excluding hydrogens is 286 g/mol. The van der Waals surface area contributed by atoms with Crippen molar-refractivity contribution >= 4 is 16.9 Å². The third-order valence-electron chi connectivity index (χ3n) is 3.53. The average molecular weight is 299 g/mol. The first-order valence-corrected chi connectivity index (χ1v) is 6.90. The zero-order valence-electron chi connectivity index (χ0n) is 11.6. The van der Waals surface area contributed by atoms with Gasteiger partial charge in [0.1, 0.15) is 6.33 Å². The number of hydrogen-bond acceptors (Lipinski definition) is 6. The van der Waals surface area contributed by atoms with Gasteiger partial charge >= 0.3 is 0 Å². The van der Waals surface area contributed by atoms with Crippen molar-refractivity contribution in [3.05, 3.63) is 30.5 Å². The molecule has 4 rings (SSSR count). The van der Waals surface area contributed by atoms with E-state index in [9.17, 15) is 4.79 Å². The number of hydrogen-bond donors (Lipinski definition) is 2. The molecule has 0 spiro atoms. The molecule has 1 aliphatic rings. The van der Waals surface area contributed by atoms with E-state index in [0.29, 0.717) is 30.4 Å². The highest BCUT2D eigenvalue weighted by Crippen LogP contribution is 2.15. The van der Waals surface area contributed by atoms with Gasteiger partial charge in [0, 0.05) is 12.8 Å². The summed E-state index contributed by atoms with van der Waals surface area (Å²) in [6, 6.07) is 1.70. The van der Waals surface area contributed by atoms with E-state index in [4.69, 9.17) is 4.74 Å². The molecule has 1 saturated heterocycles. The number of ether oxygens (including phenoxy) is 1. The lowest BCUT2D eigenvalue weighted by Crippen LogP contribution is -2.35. The summed E-state index contributed by atoms with van der Waals surface area (Å²) < 4.78 is 6.78. The highest BCUT2D eigenvalue weighted by Gasteiger charge is 2.20. The van der Waals surface area contributed by atoms with E-state index in [1.807, 2.05) is 0 Å². The van der Waals surface area contributed by atoms with Gasteiger partial charge in [-0.15, -0.1) is 0 Å². The SMILES string of the molecule is O=C(NC1CCOC1)c1ccn(-c2ncnc3[nH]ncc23)n1. The van der Waals surface area contributed by atoms with Crippen LogP contribution in [0.15, 0.2) is 24.8 Å². The van der Waals surface area contributed by atoms with Crippen LogP contribution in [0, 0.1) is 0 Å². The first-order valence-electron chi connectivity index (χ1n) is 6.90. The molecule has 0 bridgehead atoms. The number of aromatic nitrogens is 6. The molecule has 1 unspecified atom stereocenters. The predicted molar refractivity (Wildman–Crippen MR) is 75.5 cm³/mol. The summed E-state index contributed by atoms with van der Waals surface area (Å²) in [5.41, 5.74) is 0.955. The number of carbonyl (C=O) groups excluding carboxylic acids is 1. The van der Waals surface area contributed by atoms with Crippen LogP contribution in [0.5, 0.6) is 0 Å². The van der Waals surface area contributed by atoms with Crippen LogP contribution in [0.1, 0.15) is 16.9 Å². The summed E-state index contributed by atoms with van der Waals surface area (Å²) in [5.74, 6) is 0.355. The molecule has 9 heteroatoms. The van der Waals surface area contributed by atoms with Crippen molar-refractivity contribution in [3.8, 4) is 5.82 Å². The Kier molecular flexibility index (Phi) is 3.04. The van der Waals surface area contributed by atoms with E-state index in [1.165, 1.54) is 6.33 Å². The fourth-order valence-electron chi connectivity index (χ4n) is 2.41. The molecule has 3 aromatic rings. The lowest BCUT2D eigenvalue weighted by atomic mass is 10.2. The average Bonchev–Trinajstić information content (AvgIpc) is 3.27. The van der Waals surface area contributed by atoms with Crippen LogP contribution in [0.2, 0.25) is 0 Å². The van der Waals surface area contributed by atoms with Crippen LogP contribution in [0.3, 0.4) is 0 Å². The van der Waals surface area contributed by atoms with Crippen LogP contribution in [0.25, 0.3) is 16.9 Å². The predicted octanol–water partition coefficient (Wildman–Crippen LogP) is 0.0573. The third kappa shape index (κ3) is 2.21. The van der Waals surface area contributed by atoms with Crippen LogP contribution in [0.4, 0.5) is 0 Å². The van der Waals surface area contributed by atoms with E-state index in [0.717, 1.165) is 11.8 Å². The van der Waals surface area contributed by atoms with Gasteiger partial charge in [0.2, 0.25) is 0 Å². The van der Waals surface area contributed by atoms with Gasteiger partial charge in [0.05, 0.1) is 24.2 Å². The Morgan fingerprint density at radius 2 is 2.41 bits per heavy atom. The van der Waals surface area contributed by atoms with Crippen molar-refractivity contribution in [3.63, 3.8) is 0 Å². The second kappa shape index (κ2) is 5.19. The normalized spacial score (nSPS) is 17.9. The number of rotatable bonds is 3. The second-order valence-electron chi connectivity index (χ2n) is 5.01. The van der Waals surface area contributed by atoms with Gasteiger partial charge in [0.25, 0.3) is 5.91 Å². The Morgan fingerprint density at radius 1 is 1.45 bits per heavy atom. The molecule has 0 aromatic carbocycles. The van der Waals surface area contributed by atoms with Crippen LogP contribution in [-0.4, -0.2) is 55.1 Å². The summed E-state index contributed by atoms with van der Waals surface area (Å²) in [6.45, 7) is 1.23. The summed E-state index contributed by atoms with van der Waals surface area (Å²) in [4.78, 5) is 20.4. The van der Waals surface area contributed by atoms with Gasteiger partial charge < -0.3 is 10.1 Å². The van der Waals surface area contributed by atoms with Gasteiger partial charge in [0.15, 0.2) is 17.2 Å². The lowest BCUT2D eigenvalue weighted by molar-refractivity contribution is 0.0924. The van der Waals surface area contributed by atoms with Crippen molar-refractivity contribution in [1.29, 1.82) is 0 Å². The van der Waals surface area contributed by atoms with Crippen molar-refractivity contribution in [2.45, 2.75) is 12.5 Å². The minimum absolute atomic E-state index is 0.0530. The molecule has 0 radical (unpaired) electrons. The molecule has 4 heterocycles. The van der Waals surface area contributed by atoms with Gasteiger partial charge in [-0.3, -0.25) is 9.89 Å². The largest absolute Gasteiger partial charge is 0.379 e. The van der Waals surface area contributed by atoms with Crippen molar-refractivity contribution < 1.29 is 9.53 Å². The number of H-pyrrole nitrogens is 1. The zero-order valence-corrected chi connectivity index (χ0v) is 11.6. The fourth-order valence-corrected chi connectivity index (χ4v) is 2.41. The van der Waals surface area contributed by atoms with E-state index >= 15 is 0 Å². The summed E-state index contributed by atoms with van der Waals surface area (Å²) in [5, 5.41) is 14.6. The van der Waals surface area contributed by atoms with E-state index in [-0.39, 0.29) is 11.9 Å². The zero-order chi connectivity index (χ0) is 14.9. The van der Waals surface area contributed by atoms with E-state index < -0.39 is 0 Å². The Morgan fingerprint density at radius 3 is 3.27 bits per heavy atom. The van der Waals surface area contributed by atoms with Gasteiger partial charge in [-0.25, -0.2) is 14.6 Å². The van der Waals surface area contributed by atoms with E-state index in [1.54, 1.807) is 23.1 Å². The third-order valence-corrected chi connectivity index (χ3v) is 3.53. The topological polar surface area (TPSA) is 111 Å². The molecular formula is C13H13N7O2. The van der Waals surface area contributed by atoms with Crippen molar-refractivity contribution in [1.82, 2.24) is 35.3 Å². The molecule has 1 fully saturated rings. The van der Waals surface area contributed by atoms with E-state index in [2.05, 4.69) is 30.6 Å². The summed E-state index contributed by atoms with van der Waals surface area (Å²) >= 11 is 0. The Bertz CT molecular complexity index is 819. The first kappa shape index (κ1) is 12.9. The number of fused-ring (bicyclic) bond motifs is 1. The van der Waals surface area contributed by atoms with Crippen molar-refractivity contribution in [2.24, 2.45) is 0 Å². The minimum Gasteiger partial charge on any atom is -0.379 e. The van der Waals surface area contributed by atoms with Crippen LogP contribution < -0.4 is 5.32 Å². The maximum atomic E-state index is 12.2. The number of carbonyl (C=O) groups is 1. The number of nitrogens with one attached hydrogen (secondary N) is 2. The number of amides is 1. The Labute approximate surface area is 124 Å². The smallest absolute Gasteiger partial charge is 0.272 e. The first-order chi connectivity index (χ1) is 10.8.